The Morgan fingerprint density at radius 1 is 1.60 bits per heavy atom. The SMILES string of the molecule is COCCSc1cccc(F)c1C(=N)N. The molecule has 0 saturated heterocycles. The maximum Gasteiger partial charge on any atom is 0.135 e. The third kappa shape index (κ3) is 3.21. The molecule has 0 fully saturated rings. The summed E-state index contributed by atoms with van der Waals surface area (Å²) in [5.41, 5.74) is 5.50. The van der Waals surface area contributed by atoms with Crippen LogP contribution in [0.4, 0.5) is 4.39 Å². The molecule has 0 aliphatic rings. The Morgan fingerprint density at radius 2 is 2.33 bits per heavy atom. The number of hydrogen-bond acceptors (Lipinski definition) is 3. The molecule has 0 aliphatic heterocycles. The summed E-state index contributed by atoms with van der Waals surface area (Å²) >= 11 is 1.43. The van der Waals surface area contributed by atoms with Crippen LogP contribution in [0.2, 0.25) is 0 Å². The van der Waals surface area contributed by atoms with Crippen LogP contribution in [-0.4, -0.2) is 25.3 Å². The van der Waals surface area contributed by atoms with Crippen LogP contribution in [-0.2, 0) is 4.74 Å². The Labute approximate surface area is 92.3 Å². The molecule has 0 aromatic heterocycles. The fraction of sp³-hybridized carbons (Fsp3) is 0.300. The molecule has 0 amide bonds. The highest BCUT2D eigenvalue weighted by Gasteiger charge is 2.10. The van der Waals surface area contributed by atoms with E-state index < -0.39 is 5.82 Å². The van der Waals surface area contributed by atoms with Gasteiger partial charge in [0.25, 0.3) is 0 Å². The molecule has 0 heterocycles. The molecule has 0 unspecified atom stereocenters. The third-order valence-electron chi connectivity index (χ3n) is 1.79. The minimum absolute atomic E-state index is 0.179. The van der Waals surface area contributed by atoms with E-state index in [1.165, 1.54) is 17.8 Å². The number of ether oxygens (including phenoxy) is 1. The van der Waals surface area contributed by atoms with Crippen molar-refractivity contribution in [3.8, 4) is 0 Å². The average molecular weight is 228 g/mol. The summed E-state index contributed by atoms with van der Waals surface area (Å²) in [5.74, 6) is 0.0122. The predicted octanol–water partition coefficient (Wildman–Crippen LogP) is 1.85. The lowest BCUT2D eigenvalue weighted by Crippen LogP contribution is -2.14. The van der Waals surface area contributed by atoms with Crippen molar-refractivity contribution in [3.05, 3.63) is 29.6 Å². The van der Waals surface area contributed by atoms with Crippen molar-refractivity contribution in [2.75, 3.05) is 19.5 Å². The van der Waals surface area contributed by atoms with Gasteiger partial charge in [0.1, 0.15) is 11.7 Å². The third-order valence-corrected chi connectivity index (χ3v) is 2.81. The van der Waals surface area contributed by atoms with Gasteiger partial charge in [-0.25, -0.2) is 4.39 Å². The predicted molar refractivity (Wildman–Crippen MR) is 60.0 cm³/mol. The van der Waals surface area contributed by atoms with Gasteiger partial charge in [-0.2, -0.15) is 0 Å². The number of nitrogens with one attached hydrogen (secondary N) is 1. The second-order valence-corrected chi connectivity index (χ2v) is 4.00. The zero-order valence-electron chi connectivity index (χ0n) is 8.42. The first kappa shape index (κ1) is 12.0. The van der Waals surface area contributed by atoms with Crippen molar-refractivity contribution in [3.63, 3.8) is 0 Å². The average Bonchev–Trinajstić information content (AvgIpc) is 2.17. The maximum absolute atomic E-state index is 13.3. The molecule has 0 spiro atoms. The minimum Gasteiger partial charge on any atom is -0.384 e. The van der Waals surface area contributed by atoms with E-state index in [0.29, 0.717) is 17.3 Å². The number of halogens is 1. The van der Waals surface area contributed by atoms with Crippen LogP contribution in [0.5, 0.6) is 0 Å². The molecule has 3 N–H and O–H groups in total. The number of methoxy groups -OCH3 is 1. The number of nitrogen functional groups attached to an aromatic ring is 1. The van der Waals surface area contributed by atoms with Crippen molar-refractivity contribution < 1.29 is 9.13 Å². The fourth-order valence-corrected chi connectivity index (χ4v) is 2.12. The quantitative estimate of drug-likeness (QED) is 0.350. The first-order valence-electron chi connectivity index (χ1n) is 4.41. The second-order valence-electron chi connectivity index (χ2n) is 2.87. The van der Waals surface area contributed by atoms with E-state index in [2.05, 4.69) is 0 Å². The maximum atomic E-state index is 13.3. The summed E-state index contributed by atoms with van der Waals surface area (Å²) in [6.45, 7) is 0.582. The van der Waals surface area contributed by atoms with E-state index in [9.17, 15) is 4.39 Å². The molecule has 1 aromatic rings. The number of amidine groups is 1. The van der Waals surface area contributed by atoms with Gasteiger partial charge < -0.3 is 10.5 Å². The largest absolute Gasteiger partial charge is 0.384 e. The monoisotopic (exact) mass is 228 g/mol. The summed E-state index contributed by atoms with van der Waals surface area (Å²) in [7, 11) is 1.61. The van der Waals surface area contributed by atoms with Gasteiger partial charge in [-0.3, -0.25) is 5.41 Å². The minimum atomic E-state index is -0.454. The van der Waals surface area contributed by atoms with Gasteiger partial charge in [0.05, 0.1) is 12.2 Å². The Bertz CT molecular complexity index is 357. The van der Waals surface area contributed by atoms with Crippen molar-refractivity contribution in [1.29, 1.82) is 5.41 Å². The lowest BCUT2D eigenvalue weighted by atomic mass is 10.2. The van der Waals surface area contributed by atoms with E-state index in [4.69, 9.17) is 15.9 Å². The molecule has 0 atom stereocenters. The zero-order valence-corrected chi connectivity index (χ0v) is 9.23. The van der Waals surface area contributed by atoms with Crippen molar-refractivity contribution >= 4 is 17.6 Å². The summed E-state index contributed by atoms with van der Waals surface area (Å²) in [5, 5.41) is 7.29. The number of benzene rings is 1. The van der Waals surface area contributed by atoms with Crippen LogP contribution in [0.3, 0.4) is 0 Å². The number of hydrogen-bond donors (Lipinski definition) is 2. The molecule has 82 valence electrons. The molecule has 1 rings (SSSR count). The van der Waals surface area contributed by atoms with Gasteiger partial charge in [0.2, 0.25) is 0 Å². The van der Waals surface area contributed by atoms with Gasteiger partial charge in [-0.15, -0.1) is 11.8 Å². The highest BCUT2D eigenvalue weighted by Crippen LogP contribution is 2.24. The Balaban J connectivity index is 2.86. The van der Waals surface area contributed by atoms with E-state index in [-0.39, 0.29) is 11.4 Å². The Hall–Kier alpha value is -1.07. The van der Waals surface area contributed by atoms with Crippen LogP contribution in [0, 0.1) is 11.2 Å². The Kier molecular flexibility index (Phi) is 4.58. The smallest absolute Gasteiger partial charge is 0.135 e. The van der Waals surface area contributed by atoms with Crippen LogP contribution in [0.25, 0.3) is 0 Å². The summed E-state index contributed by atoms with van der Waals surface area (Å²) in [6.07, 6.45) is 0. The number of thioether (sulfide) groups is 1. The number of nitrogens with two attached hydrogens (primary N) is 1. The van der Waals surface area contributed by atoms with E-state index in [0.717, 1.165) is 0 Å². The molecular formula is C10H13FN2OS. The van der Waals surface area contributed by atoms with Crippen molar-refractivity contribution in [1.82, 2.24) is 0 Å². The van der Waals surface area contributed by atoms with Crippen LogP contribution < -0.4 is 5.73 Å². The fourth-order valence-electron chi connectivity index (χ4n) is 1.12. The van der Waals surface area contributed by atoms with Crippen molar-refractivity contribution in [2.24, 2.45) is 5.73 Å². The standard InChI is InChI=1S/C10H13FN2OS/c1-14-5-6-15-8-4-2-3-7(11)9(8)10(12)13/h2-4H,5-6H2,1H3,(H3,12,13). The molecule has 0 saturated carbocycles. The lowest BCUT2D eigenvalue weighted by Gasteiger charge is -2.08. The zero-order chi connectivity index (χ0) is 11.3. The highest BCUT2D eigenvalue weighted by molar-refractivity contribution is 7.99. The first-order chi connectivity index (χ1) is 7.16. The van der Waals surface area contributed by atoms with Gasteiger partial charge in [-0.1, -0.05) is 6.07 Å². The topological polar surface area (TPSA) is 59.1 Å². The molecule has 5 heteroatoms. The molecular weight excluding hydrogens is 215 g/mol. The molecule has 0 aliphatic carbocycles. The molecule has 0 radical (unpaired) electrons. The van der Waals surface area contributed by atoms with Crippen LogP contribution in [0.15, 0.2) is 23.1 Å². The summed E-state index contributed by atoms with van der Waals surface area (Å²) in [6, 6.07) is 4.66. The van der Waals surface area contributed by atoms with Gasteiger partial charge >= 0.3 is 0 Å². The normalized spacial score (nSPS) is 10.3. The van der Waals surface area contributed by atoms with E-state index in [1.54, 1.807) is 19.2 Å². The van der Waals surface area contributed by atoms with Crippen LogP contribution in [0.1, 0.15) is 5.56 Å². The second kappa shape index (κ2) is 5.72. The van der Waals surface area contributed by atoms with E-state index >= 15 is 0 Å². The molecule has 0 bridgehead atoms. The summed E-state index contributed by atoms with van der Waals surface area (Å²) < 4.78 is 18.2. The molecule has 3 nitrogen and oxygen atoms in total. The first-order valence-corrected chi connectivity index (χ1v) is 5.40. The van der Waals surface area contributed by atoms with Gasteiger partial charge in [-0.05, 0) is 12.1 Å². The lowest BCUT2D eigenvalue weighted by molar-refractivity contribution is 0.218. The van der Waals surface area contributed by atoms with Gasteiger partial charge in [0, 0.05) is 17.8 Å². The molecule has 1 aromatic carbocycles. The summed E-state index contributed by atoms with van der Waals surface area (Å²) in [4.78, 5) is 0.680. The van der Waals surface area contributed by atoms with Crippen LogP contribution >= 0.6 is 11.8 Å². The molecule has 15 heavy (non-hydrogen) atoms. The highest BCUT2D eigenvalue weighted by atomic mass is 32.2. The van der Waals surface area contributed by atoms with Crippen molar-refractivity contribution in [2.45, 2.75) is 4.90 Å². The Morgan fingerprint density at radius 3 is 2.93 bits per heavy atom. The number of rotatable bonds is 5. The van der Waals surface area contributed by atoms with E-state index in [1.807, 2.05) is 0 Å². The van der Waals surface area contributed by atoms with Gasteiger partial charge in [0.15, 0.2) is 0 Å².